The number of benzene rings is 1. The van der Waals surface area contributed by atoms with Gasteiger partial charge in [0.2, 0.25) is 5.91 Å². The van der Waals surface area contributed by atoms with Crippen LogP contribution in [0.1, 0.15) is 20.3 Å². The number of hydrogen-bond donors (Lipinski definition) is 2. The van der Waals surface area contributed by atoms with Crippen molar-refractivity contribution in [3.8, 4) is 0 Å². The summed E-state index contributed by atoms with van der Waals surface area (Å²) in [6.45, 7) is 3.90. The normalized spacial score (nSPS) is 10.4. The van der Waals surface area contributed by atoms with Crippen molar-refractivity contribution in [3.63, 3.8) is 0 Å². The number of anilines is 1. The van der Waals surface area contributed by atoms with E-state index in [2.05, 4.69) is 10.6 Å². The van der Waals surface area contributed by atoms with E-state index in [1.807, 2.05) is 13.8 Å². The first-order valence-corrected chi connectivity index (χ1v) is 7.09. The van der Waals surface area contributed by atoms with Gasteiger partial charge in [-0.1, -0.05) is 48.7 Å². The number of halogens is 3. The minimum atomic E-state index is -0.149. The molecule has 3 nitrogen and oxygen atoms in total. The molecule has 0 saturated heterocycles. The highest BCUT2D eigenvalue weighted by atomic mass is 35.5. The van der Waals surface area contributed by atoms with Crippen molar-refractivity contribution in [2.45, 2.75) is 20.3 Å². The molecule has 104 valence electrons. The van der Waals surface area contributed by atoms with Gasteiger partial charge < -0.3 is 10.6 Å². The molecule has 0 aliphatic heterocycles. The molecule has 1 amide bonds. The summed E-state index contributed by atoms with van der Waals surface area (Å²) in [5.74, 6) is 0.111. The Bertz CT molecular complexity index is 506. The van der Waals surface area contributed by atoms with Gasteiger partial charge >= 0.3 is 0 Å². The van der Waals surface area contributed by atoms with Gasteiger partial charge in [-0.15, -0.1) is 0 Å². The number of hydrogen-bond acceptors (Lipinski definition) is 2. The average Bonchev–Trinajstić information content (AvgIpc) is 2.24. The molecule has 0 heterocycles. The Balaban J connectivity index is 2.67. The van der Waals surface area contributed by atoms with Crippen LogP contribution in [0.15, 0.2) is 12.1 Å². The molecule has 1 aromatic carbocycles. The van der Waals surface area contributed by atoms with Crippen molar-refractivity contribution in [1.29, 1.82) is 0 Å². The monoisotopic (exact) mass is 338 g/mol. The zero-order valence-corrected chi connectivity index (χ0v) is 13.5. The van der Waals surface area contributed by atoms with Gasteiger partial charge in [-0.2, -0.15) is 0 Å². The van der Waals surface area contributed by atoms with Crippen molar-refractivity contribution in [2.75, 3.05) is 5.32 Å². The van der Waals surface area contributed by atoms with Gasteiger partial charge in [0.05, 0.1) is 20.8 Å². The molecule has 0 aliphatic rings. The Morgan fingerprint density at radius 1 is 1.21 bits per heavy atom. The predicted octanol–water partition coefficient (Wildman–Crippen LogP) is 4.51. The number of rotatable bonds is 3. The summed E-state index contributed by atoms with van der Waals surface area (Å²) in [6.07, 6.45) is 0.400. The molecule has 19 heavy (non-hydrogen) atoms. The van der Waals surface area contributed by atoms with Gasteiger partial charge in [0.15, 0.2) is 5.11 Å². The minimum absolute atomic E-state index is 0.149. The van der Waals surface area contributed by atoms with Crippen LogP contribution in [0, 0.1) is 5.92 Å². The predicted molar refractivity (Wildman–Crippen MR) is 85.3 cm³/mol. The molecule has 0 aromatic heterocycles. The summed E-state index contributed by atoms with van der Waals surface area (Å²) in [4.78, 5) is 11.5. The Morgan fingerprint density at radius 2 is 1.79 bits per heavy atom. The van der Waals surface area contributed by atoms with E-state index in [1.165, 1.54) is 6.07 Å². The fraction of sp³-hybridized carbons (Fsp3) is 0.333. The van der Waals surface area contributed by atoms with Crippen LogP contribution in [-0.4, -0.2) is 11.0 Å². The zero-order chi connectivity index (χ0) is 14.6. The third-order valence-corrected chi connectivity index (χ3v) is 3.34. The van der Waals surface area contributed by atoms with Crippen LogP contribution in [0.3, 0.4) is 0 Å². The lowest BCUT2D eigenvalue weighted by atomic mass is 10.1. The second-order valence-corrected chi connectivity index (χ2v) is 5.98. The van der Waals surface area contributed by atoms with E-state index in [9.17, 15) is 4.79 Å². The molecule has 0 saturated carbocycles. The van der Waals surface area contributed by atoms with Gasteiger partial charge in [-0.05, 0) is 30.3 Å². The van der Waals surface area contributed by atoms with Gasteiger partial charge in [0.1, 0.15) is 0 Å². The topological polar surface area (TPSA) is 41.1 Å². The second kappa shape index (κ2) is 7.29. The Hall–Kier alpha value is -0.550. The molecule has 7 heteroatoms. The van der Waals surface area contributed by atoms with Crippen LogP contribution >= 0.6 is 47.0 Å². The Labute approximate surface area is 132 Å². The molecule has 1 aromatic rings. The molecule has 2 N–H and O–H groups in total. The number of carbonyl (C=O) groups excluding carboxylic acids is 1. The van der Waals surface area contributed by atoms with E-state index < -0.39 is 0 Å². The number of thiocarbonyl (C=S) groups is 1. The molecule has 0 fully saturated rings. The molecule has 0 radical (unpaired) electrons. The zero-order valence-electron chi connectivity index (χ0n) is 10.4. The molecule has 0 atom stereocenters. The lowest BCUT2D eigenvalue weighted by Crippen LogP contribution is -2.34. The smallest absolute Gasteiger partial charge is 0.226 e. The van der Waals surface area contributed by atoms with Crippen LogP contribution in [0.2, 0.25) is 15.1 Å². The van der Waals surface area contributed by atoms with Crippen molar-refractivity contribution < 1.29 is 4.79 Å². The van der Waals surface area contributed by atoms with Crippen LogP contribution < -0.4 is 10.6 Å². The maximum Gasteiger partial charge on any atom is 0.226 e. The Morgan fingerprint density at radius 3 is 2.37 bits per heavy atom. The van der Waals surface area contributed by atoms with E-state index in [0.717, 1.165) is 0 Å². The number of amides is 1. The first kappa shape index (κ1) is 16.5. The second-order valence-electron chi connectivity index (χ2n) is 4.35. The van der Waals surface area contributed by atoms with E-state index in [0.29, 0.717) is 27.2 Å². The highest BCUT2D eigenvalue weighted by Gasteiger charge is 2.10. The van der Waals surface area contributed by atoms with Crippen molar-refractivity contribution in [3.05, 3.63) is 27.2 Å². The van der Waals surface area contributed by atoms with Crippen LogP contribution in [-0.2, 0) is 4.79 Å². The maximum absolute atomic E-state index is 11.5. The van der Waals surface area contributed by atoms with Crippen LogP contribution in [0.5, 0.6) is 0 Å². The third kappa shape index (κ3) is 5.53. The first-order chi connectivity index (χ1) is 8.79. The molecule has 0 unspecified atom stereocenters. The van der Waals surface area contributed by atoms with Gasteiger partial charge in [-0.3, -0.25) is 4.79 Å². The summed E-state index contributed by atoms with van der Waals surface area (Å²) in [5, 5.41) is 6.62. The number of carbonyl (C=O) groups is 1. The van der Waals surface area contributed by atoms with Crippen LogP contribution in [0.4, 0.5) is 5.69 Å². The maximum atomic E-state index is 11.5. The fourth-order valence-electron chi connectivity index (χ4n) is 1.32. The molecule has 0 spiro atoms. The van der Waals surface area contributed by atoms with Crippen molar-refractivity contribution >= 4 is 63.7 Å². The average molecular weight is 340 g/mol. The van der Waals surface area contributed by atoms with Gasteiger partial charge in [-0.25, -0.2) is 0 Å². The summed E-state index contributed by atoms with van der Waals surface area (Å²) in [7, 11) is 0. The van der Waals surface area contributed by atoms with E-state index in [1.54, 1.807) is 6.07 Å². The minimum Gasteiger partial charge on any atom is -0.331 e. The van der Waals surface area contributed by atoms with E-state index in [4.69, 9.17) is 47.0 Å². The molecule has 0 aliphatic carbocycles. The fourth-order valence-corrected chi connectivity index (χ4v) is 2.14. The molecule has 1 rings (SSSR count). The summed E-state index contributed by atoms with van der Waals surface area (Å²) < 4.78 is 0. The Kier molecular flexibility index (Phi) is 6.33. The molecular formula is C12H13Cl3N2OS. The summed E-state index contributed by atoms with van der Waals surface area (Å²) in [6, 6.07) is 3.06. The SMILES string of the molecule is CC(C)CC(=O)NC(=S)Nc1cc(Cl)c(Cl)cc1Cl. The number of nitrogens with one attached hydrogen (secondary N) is 2. The highest BCUT2D eigenvalue weighted by molar-refractivity contribution is 7.80. The standard InChI is InChI=1S/C12H13Cl3N2OS/c1-6(2)3-11(18)17-12(19)16-10-5-8(14)7(13)4-9(10)15/h4-6H,3H2,1-2H3,(H2,16,17,18,19). The third-order valence-electron chi connectivity index (χ3n) is 2.10. The summed E-state index contributed by atoms with van der Waals surface area (Å²) >= 11 is 22.7. The first-order valence-electron chi connectivity index (χ1n) is 5.55. The lowest BCUT2D eigenvalue weighted by Gasteiger charge is -2.12. The molecule has 0 bridgehead atoms. The summed E-state index contributed by atoms with van der Waals surface area (Å²) in [5.41, 5.74) is 0.492. The van der Waals surface area contributed by atoms with Crippen molar-refractivity contribution in [1.82, 2.24) is 5.32 Å². The van der Waals surface area contributed by atoms with Crippen molar-refractivity contribution in [2.24, 2.45) is 5.92 Å². The highest BCUT2D eigenvalue weighted by Crippen LogP contribution is 2.32. The largest absolute Gasteiger partial charge is 0.331 e. The molecular weight excluding hydrogens is 327 g/mol. The van der Waals surface area contributed by atoms with E-state index >= 15 is 0 Å². The lowest BCUT2D eigenvalue weighted by molar-refractivity contribution is -0.120. The van der Waals surface area contributed by atoms with Gasteiger partial charge in [0.25, 0.3) is 0 Å². The van der Waals surface area contributed by atoms with Crippen LogP contribution in [0.25, 0.3) is 0 Å². The quantitative estimate of drug-likeness (QED) is 0.629. The van der Waals surface area contributed by atoms with Gasteiger partial charge in [0, 0.05) is 6.42 Å². The van der Waals surface area contributed by atoms with E-state index in [-0.39, 0.29) is 16.9 Å².